The van der Waals surface area contributed by atoms with E-state index in [2.05, 4.69) is 4.72 Å². The molecule has 7 nitrogen and oxygen atoms in total. The average molecular weight is 354 g/mol. The summed E-state index contributed by atoms with van der Waals surface area (Å²) < 4.78 is 49.5. The molecule has 0 bridgehead atoms. The minimum Gasteiger partial charge on any atom is -0.295 e. The lowest BCUT2D eigenvalue weighted by atomic mass is 10.1. The molecule has 0 atom stereocenters. The second kappa shape index (κ2) is 6.11. The Morgan fingerprint density at radius 2 is 1.52 bits per heavy atom. The minimum absolute atomic E-state index is 0.139. The Labute approximate surface area is 134 Å². The van der Waals surface area contributed by atoms with Gasteiger partial charge in [0.2, 0.25) is 10.0 Å². The van der Waals surface area contributed by atoms with E-state index in [1.54, 1.807) is 0 Å². The predicted octanol–water partition coefficient (Wildman–Crippen LogP) is 1.34. The summed E-state index contributed by atoms with van der Waals surface area (Å²) in [4.78, 5) is 10.7. The largest absolute Gasteiger partial charge is 0.295 e. The molecule has 2 aromatic carbocycles. The van der Waals surface area contributed by atoms with Gasteiger partial charge in [0.15, 0.2) is 5.78 Å². The number of Topliss-reactive ketones (excluding diaryl/α,β-unsaturated/α-hetero) is 1. The van der Waals surface area contributed by atoms with Crippen LogP contribution in [-0.2, 0) is 20.0 Å². The quantitative estimate of drug-likeness (QED) is 0.784. The van der Waals surface area contributed by atoms with Gasteiger partial charge in [0.05, 0.1) is 9.79 Å². The van der Waals surface area contributed by atoms with Gasteiger partial charge in [-0.25, -0.2) is 22.0 Å². The molecule has 0 aromatic heterocycles. The Morgan fingerprint density at radius 1 is 0.957 bits per heavy atom. The molecule has 0 aliphatic carbocycles. The molecular formula is C14H14N2O5S2. The fourth-order valence-corrected chi connectivity index (χ4v) is 3.54. The van der Waals surface area contributed by atoms with Crippen molar-refractivity contribution in [2.45, 2.75) is 16.7 Å². The van der Waals surface area contributed by atoms with Crippen LogP contribution in [0.1, 0.15) is 17.3 Å². The van der Waals surface area contributed by atoms with E-state index >= 15 is 0 Å². The van der Waals surface area contributed by atoms with Crippen molar-refractivity contribution in [1.29, 1.82) is 0 Å². The van der Waals surface area contributed by atoms with Gasteiger partial charge in [0.1, 0.15) is 0 Å². The zero-order valence-electron chi connectivity index (χ0n) is 12.1. The Morgan fingerprint density at radius 3 is 2.04 bits per heavy atom. The lowest BCUT2D eigenvalue weighted by Gasteiger charge is -2.09. The highest BCUT2D eigenvalue weighted by molar-refractivity contribution is 7.93. The van der Waals surface area contributed by atoms with E-state index in [1.807, 2.05) is 0 Å². The van der Waals surface area contributed by atoms with Crippen molar-refractivity contribution in [2.75, 3.05) is 4.72 Å². The monoisotopic (exact) mass is 354 g/mol. The van der Waals surface area contributed by atoms with Crippen LogP contribution in [0.4, 0.5) is 5.69 Å². The van der Waals surface area contributed by atoms with Gasteiger partial charge in [-0.15, -0.1) is 0 Å². The number of rotatable bonds is 5. The van der Waals surface area contributed by atoms with Crippen molar-refractivity contribution in [2.24, 2.45) is 5.14 Å². The number of primary sulfonamides is 1. The third-order valence-corrected chi connectivity index (χ3v) is 5.28. The molecule has 0 spiro atoms. The number of nitrogens with one attached hydrogen (secondary N) is 1. The molecule has 0 aliphatic rings. The molecule has 0 fully saturated rings. The van der Waals surface area contributed by atoms with Crippen LogP contribution in [0.5, 0.6) is 0 Å². The fourth-order valence-electron chi connectivity index (χ4n) is 1.81. The third kappa shape index (κ3) is 4.15. The summed E-state index contributed by atoms with van der Waals surface area (Å²) in [5.41, 5.74) is 0.695. The molecule has 0 saturated heterocycles. The number of benzene rings is 2. The van der Waals surface area contributed by atoms with Crippen LogP contribution < -0.4 is 9.86 Å². The number of carbonyl (C=O) groups is 1. The summed E-state index contributed by atoms with van der Waals surface area (Å²) >= 11 is 0. The summed E-state index contributed by atoms with van der Waals surface area (Å²) in [7, 11) is -7.99. The van der Waals surface area contributed by atoms with Gasteiger partial charge in [-0.2, -0.15) is 0 Å². The van der Waals surface area contributed by atoms with Gasteiger partial charge < -0.3 is 0 Å². The Kier molecular flexibility index (Phi) is 4.55. The van der Waals surface area contributed by atoms with E-state index < -0.39 is 20.0 Å². The van der Waals surface area contributed by atoms with E-state index in [0.29, 0.717) is 5.56 Å². The van der Waals surface area contributed by atoms with Crippen LogP contribution in [0.3, 0.4) is 0 Å². The highest BCUT2D eigenvalue weighted by atomic mass is 32.2. The second-order valence-electron chi connectivity index (χ2n) is 4.76. The number of carbonyl (C=O) groups excluding carboxylic acids is 1. The number of anilines is 1. The molecule has 2 rings (SSSR count). The van der Waals surface area contributed by atoms with E-state index in [0.717, 1.165) is 6.07 Å². The molecule has 0 unspecified atom stereocenters. The van der Waals surface area contributed by atoms with Gasteiger partial charge >= 0.3 is 0 Å². The molecular weight excluding hydrogens is 340 g/mol. The van der Waals surface area contributed by atoms with E-state index in [-0.39, 0.29) is 21.3 Å². The number of hydrogen-bond acceptors (Lipinski definition) is 5. The predicted molar refractivity (Wildman–Crippen MR) is 85.1 cm³/mol. The molecule has 0 aliphatic heterocycles. The summed E-state index contributed by atoms with van der Waals surface area (Å²) in [6, 6.07) is 10.6. The first-order valence-corrected chi connectivity index (χ1v) is 9.39. The topological polar surface area (TPSA) is 123 Å². The van der Waals surface area contributed by atoms with Crippen LogP contribution in [0, 0.1) is 0 Å². The van der Waals surface area contributed by atoms with E-state index in [4.69, 9.17) is 5.14 Å². The SMILES string of the molecule is CC(=O)c1ccc(NS(=O)(=O)c2cccc(S(N)(=O)=O)c2)cc1. The third-order valence-electron chi connectivity index (χ3n) is 2.99. The van der Waals surface area contributed by atoms with Gasteiger partial charge in [-0.1, -0.05) is 6.07 Å². The Hall–Kier alpha value is -2.23. The molecule has 2 aromatic rings. The smallest absolute Gasteiger partial charge is 0.261 e. The molecule has 0 amide bonds. The summed E-state index contributed by atoms with van der Waals surface area (Å²) in [5.74, 6) is -0.139. The van der Waals surface area contributed by atoms with Gasteiger partial charge in [0, 0.05) is 11.3 Å². The molecule has 0 radical (unpaired) electrons. The van der Waals surface area contributed by atoms with Crippen molar-refractivity contribution in [1.82, 2.24) is 0 Å². The Balaban J connectivity index is 2.34. The maximum Gasteiger partial charge on any atom is 0.261 e. The van der Waals surface area contributed by atoms with Gasteiger partial charge in [0.25, 0.3) is 10.0 Å². The molecule has 0 heterocycles. The first-order chi connectivity index (χ1) is 10.6. The number of nitrogens with two attached hydrogens (primary N) is 1. The van der Waals surface area contributed by atoms with Crippen molar-refractivity contribution in [3.63, 3.8) is 0 Å². The highest BCUT2D eigenvalue weighted by Gasteiger charge is 2.17. The zero-order valence-corrected chi connectivity index (χ0v) is 13.7. The Bertz CT molecular complexity index is 949. The first kappa shape index (κ1) is 17.1. The fraction of sp³-hybridized carbons (Fsp3) is 0.0714. The second-order valence-corrected chi connectivity index (χ2v) is 8.00. The van der Waals surface area contributed by atoms with Crippen LogP contribution in [0.15, 0.2) is 58.3 Å². The van der Waals surface area contributed by atoms with E-state index in [9.17, 15) is 21.6 Å². The molecule has 0 saturated carbocycles. The van der Waals surface area contributed by atoms with Crippen molar-refractivity contribution < 1.29 is 21.6 Å². The normalized spacial score (nSPS) is 11.9. The van der Waals surface area contributed by atoms with Crippen LogP contribution >= 0.6 is 0 Å². The average Bonchev–Trinajstić information content (AvgIpc) is 2.46. The zero-order chi connectivity index (χ0) is 17.3. The summed E-state index contributed by atoms with van der Waals surface area (Å²) in [6.07, 6.45) is 0. The lowest BCUT2D eigenvalue weighted by Crippen LogP contribution is -2.16. The number of ketones is 1. The van der Waals surface area contributed by atoms with Crippen molar-refractivity contribution in [3.8, 4) is 0 Å². The van der Waals surface area contributed by atoms with Crippen molar-refractivity contribution in [3.05, 3.63) is 54.1 Å². The molecule has 9 heteroatoms. The maximum atomic E-state index is 12.3. The van der Waals surface area contributed by atoms with Crippen LogP contribution in [-0.4, -0.2) is 22.6 Å². The van der Waals surface area contributed by atoms with Crippen molar-refractivity contribution >= 4 is 31.5 Å². The van der Waals surface area contributed by atoms with Crippen LogP contribution in [0.25, 0.3) is 0 Å². The highest BCUT2D eigenvalue weighted by Crippen LogP contribution is 2.19. The first-order valence-electron chi connectivity index (χ1n) is 6.36. The number of sulfonamides is 2. The number of hydrogen-bond donors (Lipinski definition) is 2. The molecule has 3 N–H and O–H groups in total. The summed E-state index contributed by atoms with van der Waals surface area (Å²) in [5, 5.41) is 4.99. The molecule has 122 valence electrons. The lowest BCUT2D eigenvalue weighted by molar-refractivity contribution is 0.101. The van der Waals surface area contributed by atoms with Crippen LogP contribution in [0.2, 0.25) is 0 Å². The minimum atomic E-state index is -4.00. The van der Waals surface area contributed by atoms with Gasteiger partial charge in [-0.3, -0.25) is 9.52 Å². The summed E-state index contributed by atoms with van der Waals surface area (Å²) in [6.45, 7) is 1.40. The standard InChI is InChI=1S/C14H14N2O5S2/c1-10(17)11-5-7-12(8-6-11)16-23(20,21)14-4-2-3-13(9-14)22(15,18)19/h2-9,16H,1H3,(H2,15,18,19). The molecule has 23 heavy (non-hydrogen) atoms. The van der Waals surface area contributed by atoms with Gasteiger partial charge in [-0.05, 0) is 49.4 Å². The maximum absolute atomic E-state index is 12.3. The van der Waals surface area contributed by atoms with E-state index in [1.165, 1.54) is 49.4 Å².